The quantitative estimate of drug-likeness (QED) is 0.663. The molecule has 0 bridgehead atoms. The van der Waals surface area contributed by atoms with Crippen LogP contribution < -0.4 is 4.65 Å². The van der Waals surface area contributed by atoms with Gasteiger partial charge in [-0.15, -0.1) is 11.8 Å². The van der Waals surface area contributed by atoms with Crippen molar-refractivity contribution >= 4 is 41.5 Å². The monoisotopic (exact) mass is 268 g/mol. The molecule has 0 radical (unpaired) electrons. The fourth-order valence-corrected chi connectivity index (χ4v) is 2.58. The lowest BCUT2D eigenvalue weighted by atomic mass is 10.1. The Morgan fingerprint density at radius 1 is 1.29 bits per heavy atom. The molecule has 0 heterocycles. The molecule has 0 aromatic heterocycles. The molecule has 2 N–H and O–H groups in total. The summed E-state index contributed by atoms with van der Waals surface area (Å²) in [5.74, 6) is 0.299. The zero-order chi connectivity index (χ0) is 12.4. The fourth-order valence-electron chi connectivity index (χ4n) is 1.63. The molecule has 0 amide bonds. The van der Waals surface area contributed by atoms with E-state index in [9.17, 15) is 0 Å². The van der Waals surface area contributed by atoms with Crippen LogP contribution in [0.25, 0.3) is 10.8 Å². The van der Waals surface area contributed by atoms with E-state index >= 15 is 0 Å². The van der Waals surface area contributed by atoms with Gasteiger partial charge in [0.1, 0.15) is 5.75 Å². The smallest absolute Gasteiger partial charge is 0.510 e. The lowest BCUT2D eigenvalue weighted by Crippen LogP contribution is -2.21. The van der Waals surface area contributed by atoms with Gasteiger partial charge in [0.15, 0.2) is 0 Å². The normalized spacial score (nSPS) is 10.6. The van der Waals surface area contributed by atoms with Gasteiger partial charge in [-0.05, 0) is 17.7 Å². The molecule has 0 saturated heterocycles. The van der Waals surface area contributed by atoms with Crippen molar-refractivity contribution in [2.24, 2.45) is 0 Å². The Morgan fingerprint density at radius 3 is 2.65 bits per heavy atom. The Kier molecular flexibility index (Phi) is 3.84. The van der Waals surface area contributed by atoms with E-state index in [0.717, 1.165) is 15.7 Å². The van der Waals surface area contributed by atoms with Crippen LogP contribution in [0.5, 0.6) is 5.75 Å². The van der Waals surface area contributed by atoms with Crippen molar-refractivity contribution in [3.8, 4) is 5.75 Å². The van der Waals surface area contributed by atoms with Gasteiger partial charge in [0.25, 0.3) is 0 Å². The van der Waals surface area contributed by atoms with Crippen LogP contribution >= 0.6 is 23.4 Å². The van der Waals surface area contributed by atoms with Crippen LogP contribution in [0.3, 0.4) is 0 Å². The van der Waals surface area contributed by atoms with Crippen molar-refractivity contribution in [3.63, 3.8) is 0 Å². The maximum absolute atomic E-state index is 8.89. The highest BCUT2D eigenvalue weighted by Crippen LogP contribution is 2.40. The SMILES string of the molecule is CSc1cc2ccccc2c(Cl)c1OB(O)O. The molecule has 0 aliphatic heterocycles. The minimum absolute atomic E-state index is 0.299. The lowest BCUT2D eigenvalue weighted by molar-refractivity contribution is 0.285. The molecule has 88 valence electrons. The van der Waals surface area contributed by atoms with Crippen molar-refractivity contribution in [2.75, 3.05) is 6.26 Å². The molecule has 0 unspecified atom stereocenters. The molecule has 0 spiro atoms. The van der Waals surface area contributed by atoms with Crippen molar-refractivity contribution in [2.45, 2.75) is 4.90 Å². The summed E-state index contributed by atoms with van der Waals surface area (Å²) in [4.78, 5) is 0.766. The largest absolute Gasteiger partial charge is 0.707 e. The van der Waals surface area contributed by atoms with E-state index in [-0.39, 0.29) is 0 Å². The van der Waals surface area contributed by atoms with Gasteiger partial charge in [-0.3, -0.25) is 0 Å². The number of hydrogen-bond acceptors (Lipinski definition) is 4. The maximum Gasteiger partial charge on any atom is 0.707 e. The summed E-state index contributed by atoms with van der Waals surface area (Å²) >= 11 is 7.64. The van der Waals surface area contributed by atoms with Crippen LogP contribution in [-0.4, -0.2) is 23.6 Å². The molecule has 2 aromatic rings. The summed E-state index contributed by atoms with van der Waals surface area (Å²) in [5.41, 5.74) is 0. The van der Waals surface area contributed by atoms with Crippen molar-refractivity contribution in [3.05, 3.63) is 35.4 Å². The topological polar surface area (TPSA) is 49.7 Å². The minimum atomic E-state index is -1.88. The van der Waals surface area contributed by atoms with Gasteiger partial charge in [-0.2, -0.15) is 0 Å². The minimum Gasteiger partial charge on any atom is -0.510 e. The van der Waals surface area contributed by atoms with E-state index in [1.807, 2.05) is 36.6 Å². The second kappa shape index (κ2) is 5.18. The van der Waals surface area contributed by atoms with E-state index in [1.54, 1.807) is 0 Å². The van der Waals surface area contributed by atoms with Crippen LogP contribution in [0.1, 0.15) is 0 Å². The highest BCUT2D eigenvalue weighted by atomic mass is 35.5. The molecular formula is C11H10BClO3S. The molecule has 6 heteroatoms. The predicted octanol–water partition coefficient (Wildman–Crippen LogP) is 2.56. The van der Waals surface area contributed by atoms with Crippen LogP contribution in [0.2, 0.25) is 5.02 Å². The van der Waals surface area contributed by atoms with Gasteiger partial charge in [-0.25, -0.2) is 0 Å². The van der Waals surface area contributed by atoms with E-state index in [1.165, 1.54) is 11.8 Å². The van der Waals surface area contributed by atoms with E-state index < -0.39 is 7.32 Å². The number of thioether (sulfide) groups is 1. The molecule has 0 saturated carbocycles. The third-order valence-corrected chi connectivity index (χ3v) is 3.47. The average Bonchev–Trinajstić information content (AvgIpc) is 2.32. The predicted molar refractivity (Wildman–Crippen MR) is 71.6 cm³/mol. The van der Waals surface area contributed by atoms with Crippen LogP contribution in [0.15, 0.2) is 35.2 Å². The second-order valence-electron chi connectivity index (χ2n) is 3.39. The molecule has 17 heavy (non-hydrogen) atoms. The third-order valence-electron chi connectivity index (χ3n) is 2.35. The Morgan fingerprint density at radius 2 is 2.00 bits per heavy atom. The summed E-state index contributed by atoms with van der Waals surface area (Å²) in [6, 6.07) is 9.50. The molecule has 0 aliphatic carbocycles. The Bertz CT molecular complexity index is 547. The molecule has 0 atom stereocenters. The summed E-state index contributed by atoms with van der Waals surface area (Å²) in [7, 11) is -1.88. The second-order valence-corrected chi connectivity index (χ2v) is 4.61. The number of halogens is 1. The highest BCUT2D eigenvalue weighted by Gasteiger charge is 2.19. The summed E-state index contributed by atoms with van der Waals surface area (Å²) < 4.78 is 4.93. The number of rotatable bonds is 3. The first kappa shape index (κ1) is 12.6. The zero-order valence-electron chi connectivity index (χ0n) is 9.05. The molecule has 2 aromatic carbocycles. The summed E-state index contributed by atoms with van der Waals surface area (Å²) in [5, 5.41) is 20.0. The van der Waals surface area contributed by atoms with Crippen molar-refractivity contribution in [1.82, 2.24) is 0 Å². The Hall–Kier alpha value is -0.875. The van der Waals surface area contributed by atoms with Gasteiger partial charge >= 0.3 is 7.32 Å². The van der Waals surface area contributed by atoms with Gasteiger partial charge in [-0.1, -0.05) is 35.9 Å². The lowest BCUT2D eigenvalue weighted by Gasteiger charge is -2.13. The van der Waals surface area contributed by atoms with Gasteiger partial charge in [0.2, 0.25) is 0 Å². The summed E-state index contributed by atoms with van der Waals surface area (Å²) in [6.07, 6.45) is 1.87. The van der Waals surface area contributed by atoms with Gasteiger partial charge in [0.05, 0.1) is 5.02 Å². The van der Waals surface area contributed by atoms with Crippen LogP contribution in [0.4, 0.5) is 0 Å². The molecule has 0 fully saturated rings. The first-order valence-corrected chi connectivity index (χ1v) is 6.51. The van der Waals surface area contributed by atoms with Crippen molar-refractivity contribution in [1.29, 1.82) is 0 Å². The van der Waals surface area contributed by atoms with E-state index in [4.69, 9.17) is 26.3 Å². The zero-order valence-corrected chi connectivity index (χ0v) is 10.6. The average molecular weight is 269 g/mol. The maximum atomic E-state index is 8.89. The number of benzene rings is 2. The molecule has 3 nitrogen and oxygen atoms in total. The number of hydrogen-bond donors (Lipinski definition) is 2. The van der Waals surface area contributed by atoms with Gasteiger partial charge in [0, 0.05) is 10.3 Å². The van der Waals surface area contributed by atoms with E-state index in [0.29, 0.717) is 10.8 Å². The molecule has 0 aliphatic rings. The van der Waals surface area contributed by atoms with Crippen LogP contribution in [-0.2, 0) is 0 Å². The van der Waals surface area contributed by atoms with E-state index in [2.05, 4.69) is 0 Å². The van der Waals surface area contributed by atoms with Gasteiger partial charge < -0.3 is 14.7 Å². The highest BCUT2D eigenvalue weighted by molar-refractivity contribution is 7.98. The number of fused-ring (bicyclic) bond motifs is 1. The Labute approximate surface area is 109 Å². The standard InChI is InChI=1S/C11H10BClO3S/c1-17-9-6-7-4-2-3-5-8(7)10(13)11(9)16-12(14)15/h2-6,14-15H,1H3. The van der Waals surface area contributed by atoms with Crippen LogP contribution in [0, 0.1) is 0 Å². The van der Waals surface area contributed by atoms with Crippen molar-refractivity contribution < 1.29 is 14.7 Å². The fraction of sp³-hybridized carbons (Fsp3) is 0.0909. The first-order valence-electron chi connectivity index (χ1n) is 4.91. The summed E-state index contributed by atoms with van der Waals surface area (Å²) in [6.45, 7) is 0. The molecular weight excluding hydrogens is 258 g/mol. The first-order chi connectivity index (χ1) is 8.13. The third kappa shape index (κ3) is 2.52. The Balaban J connectivity index is 2.67. The molecule has 2 rings (SSSR count).